The Hall–Kier alpha value is -2.03. The minimum absolute atomic E-state index is 0.0865. The Labute approximate surface area is 148 Å². The number of hydrogen-bond acceptors (Lipinski definition) is 4. The molecule has 4 nitrogen and oxygen atoms in total. The van der Waals surface area contributed by atoms with Crippen molar-refractivity contribution in [2.45, 2.75) is 17.9 Å². The van der Waals surface area contributed by atoms with Crippen molar-refractivity contribution in [1.82, 2.24) is 4.31 Å². The summed E-state index contributed by atoms with van der Waals surface area (Å²) in [6.45, 7) is 0.302. The van der Waals surface area contributed by atoms with Crippen molar-refractivity contribution in [3.05, 3.63) is 76.4 Å². The maximum Gasteiger partial charge on any atom is 0.243 e. The molecule has 0 N–H and O–H groups in total. The SMILES string of the molecule is O=S(=O)(c1ccc(F)c(F)c1)N(CCc1cccs1)Cc1ccoc1. The van der Waals surface area contributed by atoms with Crippen molar-refractivity contribution in [3.8, 4) is 0 Å². The summed E-state index contributed by atoms with van der Waals surface area (Å²) in [6, 6.07) is 8.07. The van der Waals surface area contributed by atoms with Crippen molar-refractivity contribution in [3.63, 3.8) is 0 Å². The van der Waals surface area contributed by atoms with Crippen LogP contribution in [0.4, 0.5) is 8.78 Å². The predicted octanol–water partition coefficient (Wildman–Crippen LogP) is 4.05. The minimum Gasteiger partial charge on any atom is -0.472 e. The van der Waals surface area contributed by atoms with Gasteiger partial charge in [-0.2, -0.15) is 4.31 Å². The van der Waals surface area contributed by atoms with Gasteiger partial charge in [-0.25, -0.2) is 17.2 Å². The first kappa shape index (κ1) is 17.8. The molecule has 0 radical (unpaired) electrons. The van der Waals surface area contributed by atoms with E-state index in [1.807, 2.05) is 17.5 Å². The highest BCUT2D eigenvalue weighted by molar-refractivity contribution is 7.89. The van der Waals surface area contributed by atoms with Gasteiger partial charge < -0.3 is 4.42 Å². The monoisotopic (exact) mass is 383 g/mol. The fourth-order valence-electron chi connectivity index (χ4n) is 2.35. The summed E-state index contributed by atoms with van der Waals surface area (Å²) >= 11 is 1.53. The molecular weight excluding hydrogens is 368 g/mol. The van der Waals surface area contributed by atoms with Crippen LogP contribution < -0.4 is 0 Å². The third kappa shape index (κ3) is 4.15. The molecule has 2 heterocycles. The van der Waals surface area contributed by atoms with Gasteiger partial charge in [-0.05, 0) is 42.1 Å². The van der Waals surface area contributed by atoms with E-state index in [1.54, 1.807) is 6.07 Å². The molecule has 3 aromatic rings. The number of thiophene rings is 1. The standard InChI is InChI=1S/C17H15F2NO3S2/c18-16-4-3-15(10-17(16)19)25(21,22)20(11-13-6-8-23-12-13)7-5-14-2-1-9-24-14/h1-4,6,8-10,12H,5,7,11H2. The number of nitrogens with zero attached hydrogens (tertiary/aromatic N) is 1. The van der Waals surface area contributed by atoms with Crippen LogP contribution in [0.5, 0.6) is 0 Å². The van der Waals surface area contributed by atoms with Crippen LogP contribution in [-0.2, 0) is 23.0 Å². The van der Waals surface area contributed by atoms with Crippen molar-refractivity contribution in [1.29, 1.82) is 0 Å². The first-order valence-corrected chi connectivity index (χ1v) is 9.77. The van der Waals surface area contributed by atoms with Crippen LogP contribution in [0.3, 0.4) is 0 Å². The van der Waals surface area contributed by atoms with Gasteiger partial charge in [0.25, 0.3) is 0 Å². The summed E-state index contributed by atoms with van der Waals surface area (Å²) in [5.74, 6) is -2.28. The summed E-state index contributed by atoms with van der Waals surface area (Å²) in [4.78, 5) is 0.763. The molecule has 0 aliphatic rings. The Balaban J connectivity index is 1.89. The van der Waals surface area contributed by atoms with E-state index in [9.17, 15) is 17.2 Å². The summed E-state index contributed by atoms with van der Waals surface area (Å²) in [6.07, 6.45) is 3.44. The van der Waals surface area contributed by atoms with Crippen LogP contribution in [0.1, 0.15) is 10.4 Å². The highest BCUT2D eigenvalue weighted by atomic mass is 32.2. The molecule has 0 atom stereocenters. The second-order valence-electron chi connectivity index (χ2n) is 5.38. The molecule has 8 heteroatoms. The zero-order valence-corrected chi connectivity index (χ0v) is 14.7. The Morgan fingerprint density at radius 1 is 1.12 bits per heavy atom. The van der Waals surface area contributed by atoms with E-state index >= 15 is 0 Å². The number of sulfonamides is 1. The van der Waals surface area contributed by atoms with E-state index in [2.05, 4.69) is 0 Å². The van der Waals surface area contributed by atoms with E-state index in [0.717, 1.165) is 17.0 Å². The summed E-state index contributed by atoms with van der Waals surface area (Å²) in [5, 5.41) is 1.92. The smallest absolute Gasteiger partial charge is 0.243 e. The highest BCUT2D eigenvalue weighted by Gasteiger charge is 2.26. The summed E-state index contributed by atoms with van der Waals surface area (Å²) < 4.78 is 58.6. The molecule has 132 valence electrons. The minimum atomic E-state index is -3.98. The fourth-order valence-corrected chi connectivity index (χ4v) is 4.49. The third-order valence-corrected chi connectivity index (χ3v) is 6.43. The molecule has 3 rings (SSSR count). The Kier molecular flexibility index (Phi) is 5.31. The predicted molar refractivity (Wildman–Crippen MR) is 90.7 cm³/mol. The quantitative estimate of drug-likeness (QED) is 0.618. The lowest BCUT2D eigenvalue weighted by molar-refractivity contribution is 0.407. The third-order valence-electron chi connectivity index (χ3n) is 3.66. The molecule has 1 aromatic carbocycles. The second-order valence-corrected chi connectivity index (χ2v) is 8.35. The van der Waals surface area contributed by atoms with E-state index < -0.39 is 21.7 Å². The van der Waals surface area contributed by atoms with Crippen LogP contribution in [-0.4, -0.2) is 19.3 Å². The maximum atomic E-state index is 13.5. The fraction of sp³-hybridized carbons (Fsp3) is 0.176. The van der Waals surface area contributed by atoms with E-state index in [4.69, 9.17) is 4.42 Å². The van der Waals surface area contributed by atoms with Crippen molar-refractivity contribution in [2.24, 2.45) is 0 Å². The topological polar surface area (TPSA) is 50.5 Å². The molecule has 25 heavy (non-hydrogen) atoms. The number of halogens is 2. The van der Waals surface area contributed by atoms with E-state index in [0.29, 0.717) is 18.1 Å². The van der Waals surface area contributed by atoms with Gasteiger partial charge in [0.15, 0.2) is 11.6 Å². The van der Waals surface area contributed by atoms with E-state index in [1.165, 1.54) is 28.2 Å². The first-order chi connectivity index (χ1) is 12.0. The molecule has 0 saturated carbocycles. The van der Waals surface area contributed by atoms with Crippen LogP contribution >= 0.6 is 11.3 Å². The van der Waals surface area contributed by atoms with Crippen LogP contribution in [0.2, 0.25) is 0 Å². The lowest BCUT2D eigenvalue weighted by Crippen LogP contribution is -2.32. The number of furan rings is 1. The van der Waals surface area contributed by atoms with Gasteiger partial charge >= 0.3 is 0 Å². The van der Waals surface area contributed by atoms with Crippen molar-refractivity contribution in [2.75, 3.05) is 6.54 Å². The molecule has 0 aliphatic heterocycles. The molecule has 0 fully saturated rings. The van der Waals surface area contributed by atoms with Gasteiger partial charge in [-0.1, -0.05) is 6.07 Å². The van der Waals surface area contributed by atoms with Gasteiger partial charge in [-0.15, -0.1) is 11.3 Å². The molecule has 0 spiro atoms. The van der Waals surface area contributed by atoms with Crippen molar-refractivity contribution < 1.29 is 21.6 Å². The Morgan fingerprint density at radius 2 is 1.96 bits per heavy atom. The van der Waals surface area contributed by atoms with Gasteiger partial charge in [0.2, 0.25) is 10.0 Å². The molecule has 0 saturated heterocycles. The summed E-state index contributed by atoms with van der Waals surface area (Å²) in [5.41, 5.74) is 0.678. The van der Waals surface area contributed by atoms with Gasteiger partial charge in [0.05, 0.1) is 17.4 Å². The lowest BCUT2D eigenvalue weighted by Gasteiger charge is -2.21. The van der Waals surface area contributed by atoms with Crippen LogP contribution in [0, 0.1) is 11.6 Å². The summed E-state index contributed by atoms with van der Waals surface area (Å²) in [7, 11) is -3.98. The second kappa shape index (κ2) is 7.47. The van der Waals surface area contributed by atoms with Gasteiger partial charge in [-0.3, -0.25) is 0 Å². The molecule has 0 aliphatic carbocycles. The molecular formula is C17H15F2NO3S2. The Bertz CT molecular complexity index is 923. The average Bonchev–Trinajstić information content (AvgIpc) is 3.27. The number of hydrogen-bond donors (Lipinski definition) is 0. The Morgan fingerprint density at radius 3 is 2.60 bits per heavy atom. The van der Waals surface area contributed by atoms with E-state index in [-0.39, 0.29) is 18.0 Å². The molecule has 0 amide bonds. The maximum absolute atomic E-state index is 13.5. The largest absolute Gasteiger partial charge is 0.472 e. The average molecular weight is 383 g/mol. The normalized spacial score (nSPS) is 12.0. The van der Waals surface area contributed by atoms with Crippen LogP contribution in [0.25, 0.3) is 0 Å². The van der Waals surface area contributed by atoms with Gasteiger partial charge in [0.1, 0.15) is 0 Å². The highest BCUT2D eigenvalue weighted by Crippen LogP contribution is 2.22. The zero-order chi connectivity index (χ0) is 17.9. The van der Waals surface area contributed by atoms with Crippen molar-refractivity contribution >= 4 is 21.4 Å². The van der Waals surface area contributed by atoms with Crippen LogP contribution in [0.15, 0.2) is 63.6 Å². The first-order valence-electron chi connectivity index (χ1n) is 7.45. The molecule has 0 bridgehead atoms. The molecule has 2 aromatic heterocycles. The lowest BCUT2D eigenvalue weighted by atomic mass is 10.3. The van der Waals surface area contributed by atoms with Gasteiger partial charge in [0, 0.05) is 23.5 Å². The number of benzene rings is 1. The number of rotatable bonds is 7. The molecule has 0 unspecified atom stereocenters. The zero-order valence-electron chi connectivity index (χ0n) is 13.1.